The van der Waals surface area contributed by atoms with Crippen LogP contribution in [0.3, 0.4) is 0 Å². The molecule has 2 heteroatoms. The van der Waals surface area contributed by atoms with Gasteiger partial charge in [-0.1, -0.05) is 33.1 Å². The van der Waals surface area contributed by atoms with Gasteiger partial charge < -0.3 is 10.6 Å². The average molecular weight is 212 g/mol. The van der Waals surface area contributed by atoms with E-state index in [1.54, 1.807) is 0 Å². The quantitative estimate of drug-likeness (QED) is 0.759. The van der Waals surface area contributed by atoms with E-state index >= 15 is 0 Å². The fourth-order valence-corrected chi connectivity index (χ4v) is 2.95. The van der Waals surface area contributed by atoms with E-state index in [1.807, 2.05) is 0 Å². The summed E-state index contributed by atoms with van der Waals surface area (Å²) in [4.78, 5) is 2.48. The molecule has 0 heterocycles. The minimum Gasteiger partial charge on any atom is -0.324 e. The fourth-order valence-electron chi connectivity index (χ4n) is 2.95. The molecule has 0 radical (unpaired) electrons. The lowest BCUT2D eigenvalue weighted by molar-refractivity contribution is 0.151. The molecule has 0 amide bonds. The second-order valence-corrected chi connectivity index (χ2v) is 5.31. The van der Waals surface area contributed by atoms with Crippen molar-refractivity contribution in [2.24, 2.45) is 5.73 Å². The summed E-state index contributed by atoms with van der Waals surface area (Å²) in [7, 11) is 2.24. The number of hydrogen-bond acceptors (Lipinski definition) is 2. The Hall–Kier alpha value is -0.0800. The lowest BCUT2D eigenvalue weighted by Crippen LogP contribution is -2.52. The van der Waals surface area contributed by atoms with Crippen molar-refractivity contribution in [3.8, 4) is 0 Å². The van der Waals surface area contributed by atoms with Gasteiger partial charge in [0.25, 0.3) is 0 Å². The second kappa shape index (κ2) is 5.86. The molecule has 1 aliphatic carbocycles. The molecule has 1 saturated carbocycles. The summed E-state index contributed by atoms with van der Waals surface area (Å²) >= 11 is 0. The zero-order valence-corrected chi connectivity index (χ0v) is 10.8. The van der Waals surface area contributed by atoms with Gasteiger partial charge in [-0.05, 0) is 32.7 Å². The van der Waals surface area contributed by atoms with Crippen molar-refractivity contribution in [2.75, 3.05) is 13.6 Å². The van der Waals surface area contributed by atoms with Crippen molar-refractivity contribution in [1.29, 1.82) is 0 Å². The summed E-state index contributed by atoms with van der Waals surface area (Å²) in [6, 6.07) is 0.715. The molecule has 0 aromatic rings. The third kappa shape index (κ3) is 3.76. The molecule has 0 atom stereocenters. The molecule has 1 aliphatic rings. The second-order valence-electron chi connectivity index (χ2n) is 5.31. The molecule has 0 unspecified atom stereocenters. The van der Waals surface area contributed by atoms with Gasteiger partial charge in [0.2, 0.25) is 0 Å². The van der Waals surface area contributed by atoms with E-state index in [9.17, 15) is 0 Å². The maximum atomic E-state index is 6.47. The molecule has 0 saturated heterocycles. The number of hydrogen-bond donors (Lipinski definition) is 1. The van der Waals surface area contributed by atoms with E-state index in [0.29, 0.717) is 6.04 Å². The number of rotatable bonds is 5. The Kier molecular flexibility index (Phi) is 5.07. The van der Waals surface area contributed by atoms with Crippen LogP contribution in [0.5, 0.6) is 0 Å². The van der Waals surface area contributed by atoms with Crippen molar-refractivity contribution in [3.05, 3.63) is 0 Å². The van der Waals surface area contributed by atoms with E-state index in [2.05, 4.69) is 25.8 Å². The van der Waals surface area contributed by atoms with Crippen molar-refractivity contribution in [3.63, 3.8) is 0 Å². The Morgan fingerprint density at radius 3 is 2.13 bits per heavy atom. The highest BCUT2D eigenvalue weighted by atomic mass is 15.1. The maximum Gasteiger partial charge on any atom is 0.0283 e. The molecule has 0 bridgehead atoms. The Labute approximate surface area is 95.2 Å². The van der Waals surface area contributed by atoms with Gasteiger partial charge in [0.1, 0.15) is 0 Å². The minimum absolute atomic E-state index is 0.107. The van der Waals surface area contributed by atoms with Gasteiger partial charge in [0.15, 0.2) is 0 Å². The SMILES string of the molecule is CCC(CC)N(C)CC1(N)CCCCC1. The summed E-state index contributed by atoms with van der Waals surface area (Å²) in [5.41, 5.74) is 6.57. The van der Waals surface area contributed by atoms with Gasteiger partial charge >= 0.3 is 0 Å². The van der Waals surface area contributed by atoms with Crippen molar-refractivity contribution >= 4 is 0 Å². The highest BCUT2D eigenvalue weighted by molar-refractivity contribution is 4.90. The number of nitrogens with zero attached hydrogens (tertiary/aromatic N) is 1. The molecular formula is C13H28N2. The minimum atomic E-state index is 0.107. The molecule has 0 aliphatic heterocycles. The highest BCUT2D eigenvalue weighted by Crippen LogP contribution is 2.27. The first kappa shape index (κ1) is 13.0. The zero-order chi connectivity index (χ0) is 11.3. The van der Waals surface area contributed by atoms with Crippen LogP contribution >= 0.6 is 0 Å². The summed E-state index contributed by atoms with van der Waals surface area (Å²) in [5.74, 6) is 0. The third-order valence-electron chi connectivity index (χ3n) is 3.98. The van der Waals surface area contributed by atoms with Crippen LogP contribution in [0.25, 0.3) is 0 Å². The molecule has 2 N–H and O–H groups in total. The van der Waals surface area contributed by atoms with Crippen LogP contribution in [0.2, 0.25) is 0 Å². The lowest BCUT2D eigenvalue weighted by Gasteiger charge is -2.39. The van der Waals surface area contributed by atoms with Crippen LogP contribution in [0.15, 0.2) is 0 Å². The van der Waals surface area contributed by atoms with Crippen molar-refractivity contribution in [2.45, 2.75) is 70.4 Å². The third-order valence-corrected chi connectivity index (χ3v) is 3.98. The predicted molar refractivity (Wildman–Crippen MR) is 67.0 cm³/mol. The molecule has 1 rings (SSSR count). The normalized spacial score (nSPS) is 21.2. The average Bonchev–Trinajstić information content (AvgIpc) is 2.19. The summed E-state index contributed by atoms with van der Waals surface area (Å²) in [6.07, 6.45) is 8.95. The first-order valence-electron chi connectivity index (χ1n) is 6.60. The largest absolute Gasteiger partial charge is 0.324 e. The van der Waals surface area contributed by atoms with Gasteiger partial charge in [-0.3, -0.25) is 0 Å². The first-order valence-corrected chi connectivity index (χ1v) is 6.60. The maximum absolute atomic E-state index is 6.47. The standard InChI is InChI=1S/C13H28N2/c1-4-12(5-2)15(3)11-13(14)9-7-6-8-10-13/h12H,4-11,14H2,1-3H3. The zero-order valence-electron chi connectivity index (χ0n) is 10.8. The Balaban J connectivity index is 2.44. The van der Waals surface area contributed by atoms with Crippen LogP contribution in [0.4, 0.5) is 0 Å². The topological polar surface area (TPSA) is 29.3 Å². The molecule has 15 heavy (non-hydrogen) atoms. The molecular weight excluding hydrogens is 184 g/mol. The van der Waals surface area contributed by atoms with Crippen molar-refractivity contribution in [1.82, 2.24) is 4.90 Å². The van der Waals surface area contributed by atoms with Crippen LogP contribution < -0.4 is 5.73 Å². The van der Waals surface area contributed by atoms with Crippen LogP contribution in [0, 0.1) is 0 Å². The molecule has 90 valence electrons. The predicted octanol–water partition coefficient (Wildman–Crippen LogP) is 2.77. The summed E-state index contributed by atoms with van der Waals surface area (Å²) in [5, 5.41) is 0. The molecule has 0 aromatic heterocycles. The van der Waals surface area contributed by atoms with Gasteiger partial charge in [-0.2, -0.15) is 0 Å². The Morgan fingerprint density at radius 2 is 1.67 bits per heavy atom. The lowest BCUT2D eigenvalue weighted by atomic mass is 9.82. The Morgan fingerprint density at radius 1 is 1.13 bits per heavy atom. The molecule has 2 nitrogen and oxygen atoms in total. The monoisotopic (exact) mass is 212 g/mol. The Bertz CT molecular complexity index is 169. The molecule has 1 fully saturated rings. The van der Waals surface area contributed by atoms with Crippen LogP contribution in [-0.4, -0.2) is 30.1 Å². The number of nitrogens with two attached hydrogens (primary N) is 1. The fraction of sp³-hybridized carbons (Fsp3) is 1.00. The van der Waals surface area contributed by atoms with E-state index in [0.717, 1.165) is 6.54 Å². The smallest absolute Gasteiger partial charge is 0.0283 e. The first-order chi connectivity index (χ1) is 7.11. The van der Waals surface area contributed by atoms with Crippen LogP contribution in [0.1, 0.15) is 58.8 Å². The van der Waals surface area contributed by atoms with Gasteiger partial charge in [0.05, 0.1) is 0 Å². The summed E-state index contributed by atoms with van der Waals surface area (Å²) < 4.78 is 0. The van der Waals surface area contributed by atoms with Crippen LogP contribution in [-0.2, 0) is 0 Å². The summed E-state index contributed by atoms with van der Waals surface area (Å²) in [6.45, 7) is 5.63. The van der Waals surface area contributed by atoms with Gasteiger partial charge in [-0.25, -0.2) is 0 Å². The van der Waals surface area contributed by atoms with E-state index < -0.39 is 0 Å². The van der Waals surface area contributed by atoms with E-state index in [4.69, 9.17) is 5.73 Å². The van der Waals surface area contributed by atoms with E-state index in [-0.39, 0.29) is 5.54 Å². The highest BCUT2D eigenvalue weighted by Gasteiger charge is 2.29. The van der Waals surface area contributed by atoms with E-state index in [1.165, 1.54) is 44.9 Å². The number of likely N-dealkylation sites (N-methyl/N-ethyl adjacent to an activating group) is 1. The van der Waals surface area contributed by atoms with Gasteiger partial charge in [-0.15, -0.1) is 0 Å². The van der Waals surface area contributed by atoms with Gasteiger partial charge in [0, 0.05) is 18.1 Å². The molecule has 0 aromatic carbocycles. The van der Waals surface area contributed by atoms with Crippen molar-refractivity contribution < 1.29 is 0 Å². The molecule has 0 spiro atoms.